The fourth-order valence-electron chi connectivity index (χ4n) is 1.23. The van der Waals surface area contributed by atoms with E-state index in [-0.39, 0.29) is 5.82 Å². The molecule has 1 aromatic rings. The monoisotopic (exact) mass is 231 g/mol. The normalized spacial score (nSPS) is 10.8. The number of nitrogens with zero attached hydrogens (tertiary/aromatic N) is 1. The SMILES string of the molecule is Cc1c(F)cnc(Br)c1C(C)C. The standard InChI is InChI=1S/C9H11BrFN/c1-5(2)8-6(3)7(11)4-12-9(8)10/h4-5H,1-3H3. The number of pyridine rings is 1. The molecule has 0 aliphatic carbocycles. The average Bonchev–Trinajstić information content (AvgIpc) is 1.97. The molecule has 0 N–H and O–H groups in total. The second-order valence-electron chi connectivity index (χ2n) is 3.09. The van der Waals surface area contributed by atoms with Crippen molar-refractivity contribution < 1.29 is 4.39 Å². The molecule has 0 bridgehead atoms. The minimum atomic E-state index is -0.234. The molecule has 0 radical (unpaired) electrons. The highest BCUT2D eigenvalue weighted by Crippen LogP contribution is 2.27. The van der Waals surface area contributed by atoms with Crippen molar-refractivity contribution in [1.82, 2.24) is 4.98 Å². The summed E-state index contributed by atoms with van der Waals surface area (Å²) < 4.78 is 13.8. The van der Waals surface area contributed by atoms with Gasteiger partial charge in [0, 0.05) is 0 Å². The van der Waals surface area contributed by atoms with Gasteiger partial charge in [-0.25, -0.2) is 9.37 Å². The first-order valence-electron chi connectivity index (χ1n) is 3.84. The Morgan fingerprint density at radius 1 is 1.50 bits per heavy atom. The van der Waals surface area contributed by atoms with Crippen molar-refractivity contribution in [2.24, 2.45) is 0 Å². The van der Waals surface area contributed by atoms with E-state index >= 15 is 0 Å². The van der Waals surface area contributed by atoms with E-state index in [0.29, 0.717) is 11.5 Å². The highest BCUT2D eigenvalue weighted by molar-refractivity contribution is 9.10. The van der Waals surface area contributed by atoms with Gasteiger partial charge < -0.3 is 0 Å². The van der Waals surface area contributed by atoms with E-state index in [1.165, 1.54) is 6.20 Å². The second kappa shape index (κ2) is 3.52. The van der Waals surface area contributed by atoms with Crippen LogP contribution in [0.3, 0.4) is 0 Å². The van der Waals surface area contributed by atoms with Crippen LogP contribution in [-0.2, 0) is 0 Å². The van der Waals surface area contributed by atoms with Crippen molar-refractivity contribution >= 4 is 15.9 Å². The molecule has 0 aromatic carbocycles. The molecule has 1 heterocycles. The van der Waals surface area contributed by atoms with E-state index < -0.39 is 0 Å². The summed E-state index contributed by atoms with van der Waals surface area (Å²) in [6.45, 7) is 5.82. The Bertz CT molecular complexity index is 297. The summed E-state index contributed by atoms with van der Waals surface area (Å²) in [6.07, 6.45) is 1.24. The molecule has 0 aliphatic heterocycles. The number of hydrogen-bond donors (Lipinski definition) is 0. The minimum Gasteiger partial charge on any atom is -0.246 e. The fourth-order valence-corrected chi connectivity index (χ4v) is 2.09. The Morgan fingerprint density at radius 2 is 2.08 bits per heavy atom. The first-order chi connectivity index (χ1) is 5.54. The predicted molar refractivity (Wildman–Crippen MR) is 50.7 cm³/mol. The lowest BCUT2D eigenvalue weighted by atomic mass is 10.0. The van der Waals surface area contributed by atoms with Crippen molar-refractivity contribution in [3.63, 3.8) is 0 Å². The zero-order chi connectivity index (χ0) is 9.30. The third kappa shape index (κ3) is 1.66. The molecule has 3 heteroatoms. The zero-order valence-corrected chi connectivity index (χ0v) is 8.94. The van der Waals surface area contributed by atoms with Crippen LogP contribution >= 0.6 is 15.9 Å². The molecule has 66 valence electrons. The van der Waals surface area contributed by atoms with Gasteiger partial charge in [0.05, 0.1) is 6.20 Å². The molecule has 0 atom stereocenters. The number of halogens is 2. The van der Waals surface area contributed by atoms with Crippen LogP contribution in [0, 0.1) is 12.7 Å². The van der Waals surface area contributed by atoms with Crippen LogP contribution in [-0.4, -0.2) is 4.98 Å². The maximum absolute atomic E-state index is 13.0. The summed E-state index contributed by atoms with van der Waals surface area (Å²) in [4.78, 5) is 3.90. The Balaban J connectivity index is 3.33. The van der Waals surface area contributed by atoms with Crippen molar-refractivity contribution in [3.8, 4) is 0 Å². The summed E-state index contributed by atoms with van der Waals surface area (Å²) >= 11 is 3.30. The number of hydrogen-bond acceptors (Lipinski definition) is 1. The van der Waals surface area contributed by atoms with Gasteiger partial charge in [0.25, 0.3) is 0 Å². The second-order valence-corrected chi connectivity index (χ2v) is 3.84. The molecule has 1 rings (SSSR count). The molecule has 12 heavy (non-hydrogen) atoms. The molecule has 0 amide bonds. The topological polar surface area (TPSA) is 12.9 Å². The molecule has 1 aromatic heterocycles. The molecule has 1 nitrogen and oxygen atoms in total. The molecule has 0 fully saturated rings. The largest absolute Gasteiger partial charge is 0.246 e. The van der Waals surface area contributed by atoms with Gasteiger partial charge >= 0.3 is 0 Å². The van der Waals surface area contributed by atoms with Gasteiger partial charge in [-0.05, 0) is 39.9 Å². The number of rotatable bonds is 1. The van der Waals surface area contributed by atoms with Crippen LogP contribution in [0.15, 0.2) is 10.8 Å². The van der Waals surface area contributed by atoms with Gasteiger partial charge in [0.2, 0.25) is 0 Å². The van der Waals surface area contributed by atoms with Gasteiger partial charge in [0.1, 0.15) is 10.4 Å². The van der Waals surface area contributed by atoms with Gasteiger partial charge in [-0.1, -0.05) is 13.8 Å². The third-order valence-corrected chi connectivity index (χ3v) is 2.49. The zero-order valence-electron chi connectivity index (χ0n) is 7.36. The third-order valence-electron chi connectivity index (χ3n) is 1.85. The van der Waals surface area contributed by atoms with Gasteiger partial charge in [0.15, 0.2) is 0 Å². The Morgan fingerprint density at radius 3 is 2.50 bits per heavy atom. The van der Waals surface area contributed by atoms with Crippen molar-refractivity contribution in [3.05, 3.63) is 27.7 Å². The molecular weight excluding hydrogens is 221 g/mol. The van der Waals surface area contributed by atoms with E-state index in [9.17, 15) is 4.39 Å². The molecule has 0 saturated heterocycles. The van der Waals surface area contributed by atoms with E-state index in [4.69, 9.17) is 0 Å². The van der Waals surface area contributed by atoms with Crippen LogP contribution in [0.5, 0.6) is 0 Å². The van der Waals surface area contributed by atoms with Gasteiger partial charge in [-0.15, -0.1) is 0 Å². The maximum atomic E-state index is 13.0. The molecular formula is C9H11BrFN. The van der Waals surface area contributed by atoms with E-state index in [2.05, 4.69) is 20.9 Å². The summed E-state index contributed by atoms with van der Waals surface area (Å²) in [5, 5.41) is 0. The van der Waals surface area contributed by atoms with Crippen LogP contribution < -0.4 is 0 Å². The van der Waals surface area contributed by atoms with Crippen molar-refractivity contribution in [2.75, 3.05) is 0 Å². The lowest BCUT2D eigenvalue weighted by Gasteiger charge is -2.11. The van der Waals surface area contributed by atoms with Crippen molar-refractivity contribution in [2.45, 2.75) is 26.7 Å². The van der Waals surface area contributed by atoms with Gasteiger partial charge in [-0.3, -0.25) is 0 Å². The number of aromatic nitrogens is 1. The fraction of sp³-hybridized carbons (Fsp3) is 0.444. The smallest absolute Gasteiger partial charge is 0.144 e. The van der Waals surface area contributed by atoms with E-state index in [0.717, 1.165) is 10.2 Å². The van der Waals surface area contributed by atoms with Gasteiger partial charge in [-0.2, -0.15) is 0 Å². The van der Waals surface area contributed by atoms with E-state index in [1.807, 2.05) is 13.8 Å². The Kier molecular flexibility index (Phi) is 2.83. The Labute approximate surface area is 80.1 Å². The highest BCUT2D eigenvalue weighted by atomic mass is 79.9. The van der Waals surface area contributed by atoms with Crippen LogP contribution in [0.25, 0.3) is 0 Å². The summed E-state index contributed by atoms with van der Waals surface area (Å²) in [7, 11) is 0. The lowest BCUT2D eigenvalue weighted by Crippen LogP contribution is -1.98. The molecule has 0 spiro atoms. The summed E-state index contributed by atoms with van der Waals surface area (Å²) in [6, 6.07) is 0. The first kappa shape index (κ1) is 9.65. The quantitative estimate of drug-likeness (QED) is 0.676. The van der Waals surface area contributed by atoms with Crippen LogP contribution in [0.2, 0.25) is 0 Å². The summed E-state index contributed by atoms with van der Waals surface area (Å²) in [5.74, 6) is 0.0597. The average molecular weight is 232 g/mol. The van der Waals surface area contributed by atoms with Crippen LogP contribution in [0.1, 0.15) is 30.9 Å². The summed E-state index contributed by atoms with van der Waals surface area (Å²) in [5.41, 5.74) is 1.64. The van der Waals surface area contributed by atoms with Crippen LogP contribution in [0.4, 0.5) is 4.39 Å². The lowest BCUT2D eigenvalue weighted by molar-refractivity contribution is 0.603. The predicted octanol–water partition coefficient (Wildman–Crippen LogP) is 3.42. The van der Waals surface area contributed by atoms with E-state index in [1.54, 1.807) is 6.92 Å². The Hall–Kier alpha value is -0.440. The highest BCUT2D eigenvalue weighted by Gasteiger charge is 2.12. The molecule has 0 unspecified atom stereocenters. The molecule has 0 aliphatic rings. The minimum absolute atomic E-state index is 0.234. The molecule has 0 saturated carbocycles. The first-order valence-corrected chi connectivity index (χ1v) is 4.63. The van der Waals surface area contributed by atoms with Crippen molar-refractivity contribution in [1.29, 1.82) is 0 Å². The maximum Gasteiger partial charge on any atom is 0.144 e.